The Morgan fingerprint density at radius 1 is 1.17 bits per heavy atom. The maximum atomic E-state index is 12.1. The predicted octanol–water partition coefficient (Wildman–Crippen LogP) is 2.53. The van der Waals surface area contributed by atoms with Crippen molar-refractivity contribution in [3.05, 3.63) is 40.9 Å². The van der Waals surface area contributed by atoms with Gasteiger partial charge in [-0.1, -0.05) is 30.3 Å². The van der Waals surface area contributed by atoms with Crippen LogP contribution in [-0.2, 0) is 4.79 Å². The Morgan fingerprint density at radius 2 is 1.83 bits per heavy atom. The molecule has 0 fully saturated rings. The Kier molecular flexibility index (Phi) is 5.55. The van der Waals surface area contributed by atoms with Crippen molar-refractivity contribution >= 4 is 23.2 Å². The van der Waals surface area contributed by atoms with Gasteiger partial charge in [-0.05, 0) is 6.92 Å². The second-order valence-electron chi connectivity index (χ2n) is 4.87. The van der Waals surface area contributed by atoms with Gasteiger partial charge in [0.25, 0.3) is 5.91 Å². The topological polar surface area (TPSA) is 71.1 Å². The third kappa shape index (κ3) is 5.05. The zero-order valence-corrected chi connectivity index (χ0v) is 13.4. The van der Waals surface area contributed by atoms with Crippen molar-refractivity contribution in [2.24, 2.45) is 0 Å². The Bertz CT molecular complexity index is 729. The van der Waals surface area contributed by atoms with Crippen LogP contribution in [0.1, 0.15) is 15.4 Å². The number of alkyl halides is 3. The van der Waals surface area contributed by atoms with E-state index in [-0.39, 0.29) is 0 Å². The van der Waals surface area contributed by atoms with Crippen molar-refractivity contribution in [3.63, 3.8) is 0 Å². The molecule has 2 rings (SSSR count). The van der Waals surface area contributed by atoms with Crippen LogP contribution in [0.2, 0.25) is 0 Å². The highest BCUT2D eigenvalue weighted by molar-refractivity contribution is 7.17. The van der Waals surface area contributed by atoms with Gasteiger partial charge in [0.2, 0.25) is 5.91 Å². The molecule has 0 saturated heterocycles. The number of hydrogen-bond acceptors (Lipinski definition) is 4. The number of aromatic nitrogens is 1. The molecule has 0 saturated carbocycles. The van der Waals surface area contributed by atoms with Crippen molar-refractivity contribution in [1.82, 2.24) is 15.6 Å². The van der Waals surface area contributed by atoms with E-state index in [1.165, 1.54) is 0 Å². The number of benzene rings is 1. The van der Waals surface area contributed by atoms with Crippen molar-refractivity contribution in [2.45, 2.75) is 13.1 Å². The molecule has 2 N–H and O–H groups in total. The third-order valence-electron chi connectivity index (χ3n) is 2.92. The van der Waals surface area contributed by atoms with Crippen LogP contribution in [0.3, 0.4) is 0 Å². The van der Waals surface area contributed by atoms with Gasteiger partial charge in [-0.15, -0.1) is 11.3 Å². The lowest BCUT2D eigenvalue weighted by atomic mass is 10.2. The summed E-state index contributed by atoms with van der Waals surface area (Å²) in [5.74, 6) is -1.46. The number of amides is 2. The van der Waals surface area contributed by atoms with Crippen LogP contribution >= 0.6 is 11.3 Å². The van der Waals surface area contributed by atoms with Crippen LogP contribution in [0.4, 0.5) is 13.2 Å². The number of thiazole rings is 1. The Hall–Kier alpha value is -2.42. The van der Waals surface area contributed by atoms with E-state index in [4.69, 9.17) is 0 Å². The van der Waals surface area contributed by atoms with E-state index < -0.39 is 31.1 Å². The number of carbonyl (C=O) groups is 2. The van der Waals surface area contributed by atoms with Crippen molar-refractivity contribution in [2.75, 3.05) is 13.1 Å². The molecule has 1 heterocycles. The summed E-state index contributed by atoms with van der Waals surface area (Å²) >= 11 is 1.16. The molecule has 1 aromatic carbocycles. The Labute approximate surface area is 139 Å². The zero-order chi connectivity index (χ0) is 17.7. The molecule has 1 aromatic heterocycles. The fourth-order valence-electron chi connectivity index (χ4n) is 1.81. The van der Waals surface area contributed by atoms with E-state index in [1.54, 1.807) is 12.2 Å². The lowest BCUT2D eigenvalue weighted by molar-refractivity contribution is -0.137. The normalized spacial score (nSPS) is 11.2. The van der Waals surface area contributed by atoms with Gasteiger partial charge in [-0.3, -0.25) is 9.59 Å². The first-order valence-corrected chi connectivity index (χ1v) is 7.72. The highest BCUT2D eigenvalue weighted by Gasteiger charge is 2.27. The highest BCUT2D eigenvalue weighted by atomic mass is 32.1. The fourth-order valence-corrected chi connectivity index (χ4v) is 2.80. The molecule has 0 spiro atoms. The van der Waals surface area contributed by atoms with Crippen molar-refractivity contribution < 1.29 is 22.8 Å². The number of hydrogen-bond donors (Lipinski definition) is 2. The van der Waals surface area contributed by atoms with Crippen LogP contribution in [0, 0.1) is 6.92 Å². The quantitative estimate of drug-likeness (QED) is 0.864. The van der Waals surface area contributed by atoms with E-state index >= 15 is 0 Å². The second kappa shape index (κ2) is 7.43. The molecule has 0 unspecified atom stereocenters. The maximum absolute atomic E-state index is 12.1. The summed E-state index contributed by atoms with van der Waals surface area (Å²) in [5.41, 5.74) is 1.35. The van der Waals surface area contributed by atoms with Gasteiger partial charge in [0.05, 0.1) is 12.2 Å². The Morgan fingerprint density at radius 3 is 2.46 bits per heavy atom. The number of aryl methyl sites for hydroxylation is 1. The molecule has 5 nitrogen and oxygen atoms in total. The molecule has 0 aliphatic heterocycles. The number of rotatable bonds is 5. The van der Waals surface area contributed by atoms with Gasteiger partial charge in [0, 0.05) is 5.56 Å². The van der Waals surface area contributed by atoms with Crippen molar-refractivity contribution in [1.29, 1.82) is 0 Å². The second-order valence-corrected chi connectivity index (χ2v) is 5.87. The lowest BCUT2D eigenvalue weighted by Crippen LogP contribution is -2.40. The molecule has 128 valence electrons. The first-order chi connectivity index (χ1) is 11.3. The van der Waals surface area contributed by atoms with Crippen LogP contribution in [0.5, 0.6) is 0 Å². The van der Waals surface area contributed by atoms with E-state index in [2.05, 4.69) is 10.3 Å². The van der Waals surface area contributed by atoms with Crippen LogP contribution < -0.4 is 10.6 Å². The number of carbonyl (C=O) groups excluding carboxylic acids is 2. The number of nitrogens with zero attached hydrogens (tertiary/aromatic N) is 1. The molecular formula is C15H14F3N3O2S. The molecule has 2 aromatic rings. The van der Waals surface area contributed by atoms with E-state index in [1.807, 2.05) is 30.3 Å². The summed E-state index contributed by atoms with van der Waals surface area (Å²) in [4.78, 5) is 28.0. The van der Waals surface area contributed by atoms with Crippen LogP contribution in [0.25, 0.3) is 10.6 Å². The van der Waals surface area contributed by atoms with Gasteiger partial charge in [-0.25, -0.2) is 4.98 Å². The molecule has 0 aliphatic carbocycles. The summed E-state index contributed by atoms with van der Waals surface area (Å²) in [7, 11) is 0. The standard InChI is InChI=1S/C15H14F3N3O2S/c1-9-12(24-14(21-9)10-5-3-2-4-6-10)13(23)19-7-11(22)20-8-15(16,17)18/h2-6H,7-8H2,1H3,(H,19,23)(H,20,22). The fraction of sp³-hybridized carbons (Fsp3) is 0.267. The molecule has 0 aliphatic rings. The molecule has 0 atom stereocenters. The summed E-state index contributed by atoms with van der Waals surface area (Å²) in [6, 6.07) is 9.25. The summed E-state index contributed by atoms with van der Waals surface area (Å²) < 4.78 is 36.0. The molecule has 0 radical (unpaired) electrons. The molecular weight excluding hydrogens is 343 g/mol. The van der Waals surface area contributed by atoms with Crippen molar-refractivity contribution in [3.8, 4) is 10.6 Å². The molecule has 0 bridgehead atoms. The van der Waals surface area contributed by atoms with Gasteiger partial charge >= 0.3 is 6.18 Å². The summed E-state index contributed by atoms with van der Waals surface area (Å²) in [5, 5.41) is 4.63. The first-order valence-electron chi connectivity index (χ1n) is 6.91. The van der Waals surface area contributed by atoms with Crippen LogP contribution in [-0.4, -0.2) is 36.1 Å². The minimum atomic E-state index is -4.49. The number of nitrogens with one attached hydrogen (secondary N) is 2. The third-order valence-corrected chi connectivity index (χ3v) is 4.12. The molecule has 9 heteroatoms. The van der Waals surface area contributed by atoms with E-state index in [9.17, 15) is 22.8 Å². The summed E-state index contributed by atoms with van der Waals surface area (Å²) in [6.45, 7) is -0.312. The average Bonchev–Trinajstić information content (AvgIpc) is 2.93. The SMILES string of the molecule is Cc1nc(-c2ccccc2)sc1C(=O)NCC(=O)NCC(F)(F)F. The monoisotopic (exact) mass is 357 g/mol. The maximum Gasteiger partial charge on any atom is 0.405 e. The number of halogens is 3. The minimum Gasteiger partial charge on any atom is -0.345 e. The van der Waals surface area contributed by atoms with E-state index in [0.717, 1.165) is 16.9 Å². The first kappa shape index (κ1) is 17.9. The van der Waals surface area contributed by atoms with Crippen LogP contribution in [0.15, 0.2) is 30.3 Å². The molecule has 24 heavy (non-hydrogen) atoms. The smallest absolute Gasteiger partial charge is 0.345 e. The van der Waals surface area contributed by atoms with Gasteiger partial charge < -0.3 is 10.6 Å². The van der Waals surface area contributed by atoms with Gasteiger partial charge in [-0.2, -0.15) is 13.2 Å². The van der Waals surface area contributed by atoms with Gasteiger partial charge in [0.1, 0.15) is 16.4 Å². The molecule has 2 amide bonds. The zero-order valence-electron chi connectivity index (χ0n) is 12.6. The Balaban J connectivity index is 1.96. The lowest BCUT2D eigenvalue weighted by Gasteiger charge is -2.08. The highest BCUT2D eigenvalue weighted by Crippen LogP contribution is 2.27. The predicted molar refractivity (Wildman–Crippen MR) is 83.7 cm³/mol. The summed E-state index contributed by atoms with van der Waals surface area (Å²) in [6.07, 6.45) is -4.49. The largest absolute Gasteiger partial charge is 0.405 e. The van der Waals surface area contributed by atoms with E-state index in [0.29, 0.717) is 15.6 Å². The van der Waals surface area contributed by atoms with Gasteiger partial charge in [0.15, 0.2) is 0 Å². The minimum absolute atomic E-state index is 0.317. The average molecular weight is 357 g/mol.